The van der Waals surface area contributed by atoms with Gasteiger partial charge in [-0.15, -0.1) is 0 Å². The maximum atomic E-state index is 12.6. The van der Waals surface area contributed by atoms with Crippen LogP contribution in [0.15, 0.2) is 79.0 Å². The van der Waals surface area contributed by atoms with Gasteiger partial charge in [0.25, 0.3) is 5.91 Å². The smallest absolute Gasteiger partial charge is 0.254 e. The first-order valence-corrected chi connectivity index (χ1v) is 11.1. The van der Waals surface area contributed by atoms with E-state index < -0.39 is 0 Å². The summed E-state index contributed by atoms with van der Waals surface area (Å²) in [5, 5.41) is 9.81. The number of hydrogen-bond donors (Lipinski definition) is 3. The third kappa shape index (κ3) is 4.36. The second-order valence-electron chi connectivity index (χ2n) is 8.14. The van der Waals surface area contributed by atoms with Crippen LogP contribution in [0.1, 0.15) is 16.1 Å². The molecule has 0 bridgehead atoms. The van der Waals surface area contributed by atoms with Gasteiger partial charge in [0.1, 0.15) is 5.69 Å². The highest BCUT2D eigenvalue weighted by molar-refractivity contribution is 5.95. The molecular weight excluding hydrogens is 428 g/mol. The number of nitrogens with zero attached hydrogens (tertiary/aromatic N) is 3. The fourth-order valence-electron chi connectivity index (χ4n) is 4.06. The number of hydrazine groups is 1. The van der Waals surface area contributed by atoms with Gasteiger partial charge >= 0.3 is 0 Å². The molecule has 1 fully saturated rings. The van der Waals surface area contributed by atoms with Crippen LogP contribution in [0.3, 0.4) is 0 Å². The second-order valence-corrected chi connectivity index (χ2v) is 8.14. The lowest BCUT2D eigenvalue weighted by molar-refractivity contribution is 0.0303. The summed E-state index contributed by atoms with van der Waals surface area (Å²) in [7, 11) is 0. The van der Waals surface area contributed by atoms with Crippen molar-refractivity contribution < 1.29 is 9.53 Å². The Labute approximate surface area is 197 Å². The van der Waals surface area contributed by atoms with Crippen LogP contribution in [0.4, 0.5) is 5.69 Å². The number of carbonyl (C=O) groups excluding carboxylic acids is 1. The zero-order chi connectivity index (χ0) is 23.5. The van der Waals surface area contributed by atoms with Gasteiger partial charge in [0.2, 0.25) is 0 Å². The third-order valence-electron chi connectivity index (χ3n) is 5.93. The molecule has 2 heterocycles. The lowest BCUT2D eigenvalue weighted by Gasteiger charge is -2.27. The first-order valence-electron chi connectivity index (χ1n) is 11.1. The number of morpholine rings is 1. The van der Waals surface area contributed by atoms with Crippen LogP contribution in [0, 0.1) is 0 Å². The van der Waals surface area contributed by atoms with Gasteiger partial charge in [0.15, 0.2) is 0 Å². The van der Waals surface area contributed by atoms with Crippen molar-refractivity contribution in [1.29, 1.82) is 0 Å². The van der Waals surface area contributed by atoms with Crippen LogP contribution in [0.25, 0.3) is 27.7 Å². The molecule has 3 aromatic carbocycles. The summed E-state index contributed by atoms with van der Waals surface area (Å²) in [6.45, 7) is 2.35. The molecular formula is C26H26N6O2. The van der Waals surface area contributed by atoms with Crippen LogP contribution in [0.2, 0.25) is 0 Å². The van der Waals surface area contributed by atoms with Gasteiger partial charge in [0, 0.05) is 30.2 Å². The van der Waals surface area contributed by atoms with E-state index >= 15 is 0 Å². The Morgan fingerprint density at radius 3 is 2.47 bits per heavy atom. The molecule has 1 aliphatic rings. The summed E-state index contributed by atoms with van der Waals surface area (Å²) in [5.74, 6) is 6.23. The summed E-state index contributed by atoms with van der Waals surface area (Å²) >= 11 is 0. The molecule has 34 heavy (non-hydrogen) atoms. The second kappa shape index (κ2) is 9.38. The molecule has 0 aliphatic carbocycles. The average molecular weight is 455 g/mol. The molecule has 1 saturated heterocycles. The number of rotatable bonds is 5. The number of carbonyl (C=O) groups is 1. The van der Waals surface area contributed by atoms with E-state index in [9.17, 15) is 4.79 Å². The first-order chi connectivity index (χ1) is 16.6. The number of anilines is 1. The highest BCUT2D eigenvalue weighted by Crippen LogP contribution is 2.27. The van der Waals surface area contributed by atoms with Crippen LogP contribution in [0.5, 0.6) is 0 Å². The Balaban J connectivity index is 1.33. The summed E-state index contributed by atoms with van der Waals surface area (Å²) in [6.07, 6.45) is 1.62. The van der Waals surface area contributed by atoms with Crippen LogP contribution >= 0.6 is 0 Å². The molecule has 0 radical (unpaired) electrons. The molecule has 8 heteroatoms. The molecule has 0 atom stereocenters. The summed E-state index contributed by atoms with van der Waals surface area (Å²) in [4.78, 5) is 14.4. The molecule has 172 valence electrons. The Bertz CT molecular complexity index is 1320. The minimum Gasteiger partial charge on any atom is -0.396 e. The standard InChI is InChI=1S/C26H26N6O2/c27-23(25-22-11-8-20(16-24(22)29-30-25)18-4-2-1-3-5-18)17-32(28)21-9-6-19(7-10-21)26(33)31-12-14-34-15-13-31/h1-11,16-17H,12-15,27-28H2,(H,29,30)/b23-17-. The molecule has 8 nitrogen and oxygen atoms in total. The maximum absolute atomic E-state index is 12.6. The Morgan fingerprint density at radius 2 is 1.74 bits per heavy atom. The number of fused-ring (bicyclic) bond motifs is 1. The molecule has 1 aliphatic heterocycles. The average Bonchev–Trinajstić information content (AvgIpc) is 3.33. The number of aromatic amines is 1. The Kier molecular flexibility index (Phi) is 5.99. The largest absolute Gasteiger partial charge is 0.396 e. The van der Waals surface area contributed by atoms with E-state index in [0.717, 1.165) is 22.0 Å². The maximum Gasteiger partial charge on any atom is 0.254 e. The van der Waals surface area contributed by atoms with E-state index in [1.165, 1.54) is 5.01 Å². The fraction of sp³-hybridized carbons (Fsp3) is 0.154. The van der Waals surface area contributed by atoms with Gasteiger partial charge in [-0.05, 0) is 47.5 Å². The van der Waals surface area contributed by atoms with Gasteiger partial charge in [-0.3, -0.25) is 14.9 Å². The SMILES string of the molecule is N/C(=C\N(N)c1ccc(C(=O)N2CCOCC2)cc1)c1n[nH]c2cc(-c3ccccc3)ccc12. The highest BCUT2D eigenvalue weighted by atomic mass is 16.5. The summed E-state index contributed by atoms with van der Waals surface area (Å²) < 4.78 is 5.31. The summed E-state index contributed by atoms with van der Waals surface area (Å²) in [6, 6.07) is 23.4. The van der Waals surface area contributed by atoms with Crippen molar-refractivity contribution in [3.63, 3.8) is 0 Å². The first kappa shape index (κ1) is 21.7. The van der Waals surface area contributed by atoms with Crippen LogP contribution < -0.4 is 16.6 Å². The molecule has 1 amide bonds. The predicted molar refractivity (Wildman–Crippen MR) is 134 cm³/mol. The van der Waals surface area contributed by atoms with Gasteiger partial charge in [-0.2, -0.15) is 5.10 Å². The lowest BCUT2D eigenvalue weighted by Crippen LogP contribution is -2.40. The van der Waals surface area contributed by atoms with Crippen molar-refractivity contribution in [3.8, 4) is 11.1 Å². The number of hydrogen-bond acceptors (Lipinski definition) is 6. The van der Waals surface area contributed by atoms with E-state index in [0.29, 0.717) is 48.9 Å². The monoisotopic (exact) mass is 454 g/mol. The molecule has 5 N–H and O–H groups in total. The Morgan fingerprint density at radius 1 is 1.00 bits per heavy atom. The number of nitrogens with two attached hydrogens (primary N) is 2. The number of aromatic nitrogens is 2. The van der Waals surface area contributed by atoms with E-state index in [2.05, 4.69) is 28.4 Å². The number of amides is 1. The quantitative estimate of drug-likeness (QED) is 0.315. The van der Waals surface area contributed by atoms with Gasteiger partial charge in [-0.1, -0.05) is 36.4 Å². The van der Waals surface area contributed by atoms with Crippen molar-refractivity contribution in [3.05, 3.63) is 90.3 Å². The lowest BCUT2D eigenvalue weighted by atomic mass is 10.0. The zero-order valence-corrected chi connectivity index (χ0v) is 18.6. The minimum atomic E-state index is -0.00802. The van der Waals surface area contributed by atoms with E-state index in [1.54, 1.807) is 35.4 Å². The van der Waals surface area contributed by atoms with Crippen molar-refractivity contribution in [2.75, 3.05) is 31.3 Å². The van der Waals surface area contributed by atoms with Crippen molar-refractivity contribution in [2.45, 2.75) is 0 Å². The van der Waals surface area contributed by atoms with E-state index in [-0.39, 0.29) is 5.91 Å². The Hall–Kier alpha value is -4.14. The van der Waals surface area contributed by atoms with E-state index in [4.69, 9.17) is 16.3 Å². The van der Waals surface area contributed by atoms with Gasteiger partial charge < -0.3 is 15.4 Å². The van der Waals surface area contributed by atoms with Crippen LogP contribution in [-0.4, -0.2) is 47.3 Å². The molecule has 0 saturated carbocycles. The normalized spacial score (nSPS) is 14.4. The van der Waals surface area contributed by atoms with Gasteiger partial charge in [0.05, 0.1) is 30.1 Å². The summed E-state index contributed by atoms with van der Waals surface area (Å²) in [5.41, 5.74) is 11.8. The molecule has 0 spiro atoms. The fourth-order valence-corrected chi connectivity index (χ4v) is 4.06. The number of nitrogens with one attached hydrogen (secondary N) is 1. The number of benzene rings is 3. The molecule has 4 aromatic rings. The van der Waals surface area contributed by atoms with Gasteiger partial charge in [-0.25, -0.2) is 5.84 Å². The zero-order valence-electron chi connectivity index (χ0n) is 18.6. The number of ether oxygens (including phenoxy) is 1. The predicted octanol–water partition coefficient (Wildman–Crippen LogP) is 3.34. The molecule has 0 unspecified atom stereocenters. The van der Waals surface area contributed by atoms with E-state index in [1.807, 2.05) is 30.3 Å². The topological polar surface area (TPSA) is 114 Å². The van der Waals surface area contributed by atoms with Crippen molar-refractivity contribution >= 4 is 28.2 Å². The number of H-pyrrole nitrogens is 1. The third-order valence-corrected chi connectivity index (χ3v) is 5.93. The molecule has 5 rings (SSSR count). The molecule has 1 aromatic heterocycles. The van der Waals surface area contributed by atoms with Crippen molar-refractivity contribution in [1.82, 2.24) is 15.1 Å². The van der Waals surface area contributed by atoms with Crippen molar-refractivity contribution in [2.24, 2.45) is 11.6 Å². The van der Waals surface area contributed by atoms with Crippen LogP contribution in [-0.2, 0) is 4.74 Å². The highest BCUT2D eigenvalue weighted by Gasteiger charge is 2.18. The minimum absolute atomic E-state index is 0.00802.